The molecule has 0 radical (unpaired) electrons. The predicted octanol–water partition coefficient (Wildman–Crippen LogP) is 3.45. The van der Waals surface area contributed by atoms with Crippen LogP contribution in [0.5, 0.6) is 0 Å². The summed E-state index contributed by atoms with van der Waals surface area (Å²) in [5, 5.41) is 3.66. The van der Waals surface area contributed by atoms with Crippen molar-refractivity contribution in [2.45, 2.75) is 39.0 Å². The predicted molar refractivity (Wildman–Crippen MR) is 83.2 cm³/mol. The summed E-state index contributed by atoms with van der Waals surface area (Å²) in [7, 11) is 0. The number of aromatic nitrogens is 3. The van der Waals surface area contributed by atoms with Crippen molar-refractivity contribution in [1.29, 1.82) is 0 Å². The van der Waals surface area contributed by atoms with Gasteiger partial charge >= 0.3 is 0 Å². The van der Waals surface area contributed by atoms with Crippen molar-refractivity contribution in [3.63, 3.8) is 0 Å². The smallest absolute Gasteiger partial charge is 0.277 e. The van der Waals surface area contributed by atoms with E-state index in [1.54, 1.807) is 0 Å². The van der Waals surface area contributed by atoms with Crippen molar-refractivity contribution in [2.75, 3.05) is 5.32 Å². The van der Waals surface area contributed by atoms with Crippen LogP contribution in [0.2, 0.25) is 5.02 Å². The number of carbonyl (C=O) groups is 1. The van der Waals surface area contributed by atoms with Gasteiger partial charge in [0.2, 0.25) is 0 Å². The lowest BCUT2D eigenvalue weighted by atomic mass is 10.2. The summed E-state index contributed by atoms with van der Waals surface area (Å²) in [6, 6.07) is 0. The van der Waals surface area contributed by atoms with E-state index in [4.69, 9.17) is 11.6 Å². The number of halogens is 1. The number of rotatable bonds is 3. The van der Waals surface area contributed by atoms with Crippen molar-refractivity contribution in [1.82, 2.24) is 15.0 Å². The molecule has 21 heavy (non-hydrogen) atoms. The lowest BCUT2D eigenvalue weighted by molar-refractivity contribution is 0.102. The SMILES string of the molecule is CC(C)c1ncc(Cl)c(C(=O)Nc2nc3c(s2)CCC3)n1. The van der Waals surface area contributed by atoms with Gasteiger partial charge in [0.05, 0.1) is 16.9 Å². The van der Waals surface area contributed by atoms with Crippen molar-refractivity contribution in [3.8, 4) is 0 Å². The molecule has 110 valence electrons. The molecule has 1 aliphatic rings. The Morgan fingerprint density at radius 1 is 1.38 bits per heavy atom. The largest absolute Gasteiger partial charge is 0.296 e. The zero-order chi connectivity index (χ0) is 15.0. The fraction of sp³-hybridized carbons (Fsp3) is 0.429. The second kappa shape index (κ2) is 5.69. The number of anilines is 1. The second-order valence-corrected chi connectivity index (χ2v) is 6.77. The number of nitrogens with one attached hydrogen (secondary N) is 1. The highest BCUT2D eigenvalue weighted by Crippen LogP contribution is 2.30. The Morgan fingerprint density at radius 3 is 2.90 bits per heavy atom. The molecule has 1 aliphatic carbocycles. The molecule has 0 saturated carbocycles. The summed E-state index contributed by atoms with van der Waals surface area (Å²) in [5.41, 5.74) is 1.30. The lowest BCUT2D eigenvalue weighted by Gasteiger charge is -2.07. The number of nitrogens with zero attached hydrogens (tertiary/aromatic N) is 3. The molecule has 1 amide bonds. The molecule has 5 nitrogen and oxygen atoms in total. The van der Waals surface area contributed by atoms with Crippen LogP contribution in [-0.2, 0) is 12.8 Å². The summed E-state index contributed by atoms with van der Waals surface area (Å²) in [5.74, 6) is 0.403. The van der Waals surface area contributed by atoms with Crippen LogP contribution in [-0.4, -0.2) is 20.9 Å². The maximum Gasteiger partial charge on any atom is 0.277 e. The number of hydrogen-bond acceptors (Lipinski definition) is 5. The van der Waals surface area contributed by atoms with Crippen LogP contribution in [0.4, 0.5) is 5.13 Å². The van der Waals surface area contributed by atoms with E-state index in [1.807, 2.05) is 13.8 Å². The van der Waals surface area contributed by atoms with Crippen LogP contribution in [0.3, 0.4) is 0 Å². The Morgan fingerprint density at radius 2 is 2.19 bits per heavy atom. The van der Waals surface area contributed by atoms with Gasteiger partial charge in [0.25, 0.3) is 5.91 Å². The van der Waals surface area contributed by atoms with Crippen molar-refractivity contribution < 1.29 is 4.79 Å². The molecule has 3 rings (SSSR count). The molecule has 0 aliphatic heterocycles. The number of carbonyl (C=O) groups excluding carboxylic acids is 1. The van der Waals surface area contributed by atoms with E-state index in [9.17, 15) is 4.79 Å². The van der Waals surface area contributed by atoms with E-state index >= 15 is 0 Å². The first-order valence-corrected chi connectivity index (χ1v) is 8.06. The van der Waals surface area contributed by atoms with Gasteiger partial charge in [0.1, 0.15) is 5.82 Å². The average molecular weight is 323 g/mol. The maximum absolute atomic E-state index is 12.3. The first kappa shape index (κ1) is 14.4. The molecule has 0 bridgehead atoms. The quantitative estimate of drug-likeness (QED) is 0.939. The van der Waals surface area contributed by atoms with Crippen LogP contribution in [0.1, 0.15) is 53.1 Å². The number of aryl methyl sites for hydroxylation is 2. The lowest BCUT2D eigenvalue weighted by Crippen LogP contribution is -2.16. The topological polar surface area (TPSA) is 67.8 Å². The third-order valence-electron chi connectivity index (χ3n) is 3.31. The zero-order valence-corrected chi connectivity index (χ0v) is 13.4. The van der Waals surface area contributed by atoms with E-state index in [0.717, 1.165) is 25.0 Å². The Bertz CT molecular complexity index is 677. The van der Waals surface area contributed by atoms with E-state index < -0.39 is 0 Å². The van der Waals surface area contributed by atoms with Gasteiger partial charge in [-0.1, -0.05) is 25.4 Å². The molecule has 0 spiro atoms. The second-order valence-electron chi connectivity index (χ2n) is 5.28. The summed E-state index contributed by atoms with van der Waals surface area (Å²) >= 11 is 7.57. The number of thiazole rings is 1. The van der Waals surface area contributed by atoms with Gasteiger partial charge in [0.15, 0.2) is 10.8 Å². The van der Waals surface area contributed by atoms with E-state index in [1.165, 1.54) is 22.4 Å². The van der Waals surface area contributed by atoms with Gasteiger partial charge in [-0.3, -0.25) is 10.1 Å². The normalized spacial score (nSPS) is 13.5. The highest BCUT2D eigenvalue weighted by molar-refractivity contribution is 7.16. The van der Waals surface area contributed by atoms with Crippen LogP contribution in [0, 0.1) is 0 Å². The van der Waals surface area contributed by atoms with E-state index in [2.05, 4.69) is 20.3 Å². The minimum absolute atomic E-state index is 0.137. The fourth-order valence-corrected chi connectivity index (χ4v) is 3.44. The summed E-state index contributed by atoms with van der Waals surface area (Å²) in [6.07, 6.45) is 4.67. The molecule has 2 heterocycles. The molecular formula is C14H15ClN4OS. The standard InChI is InChI=1S/C14H15ClN4OS/c1-7(2)12-16-6-8(15)11(18-12)13(20)19-14-17-9-4-3-5-10(9)21-14/h6-7H,3-5H2,1-2H3,(H,17,19,20). The zero-order valence-electron chi connectivity index (χ0n) is 11.8. The third-order valence-corrected chi connectivity index (χ3v) is 4.66. The highest BCUT2D eigenvalue weighted by atomic mass is 35.5. The van der Waals surface area contributed by atoms with Gasteiger partial charge in [0, 0.05) is 10.8 Å². The van der Waals surface area contributed by atoms with Crippen LogP contribution < -0.4 is 5.32 Å². The number of amides is 1. The van der Waals surface area contributed by atoms with Crippen LogP contribution in [0.25, 0.3) is 0 Å². The van der Waals surface area contributed by atoms with Gasteiger partial charge in [-0.15, -0.1) is 11.3 Å². The molecule has 2 aromatic heterocycles. The summed E-state index contributed by atoms with van der Waals surface area (Å²) in [4.78, 5) is 26.4. The molecule has 0 atom stereocenters. The van der Waals surface area contributed by atoms with Crippen molar-refractivity contribution in [3.05, 3.63) is 33.3 Å². The number of fused-ring (bicyclic) bond motifs is 1. The molecule has 0 saturated heterocycles. The Hall–Kier alpha value is -1.53. The molecule has 1 N–H and O–H groups in total. The Balaban J connectivity index is 1.82. The first-order valence-electron chi connectivity index (χ1n) is 6.87. The van der Waals surface area contributed by atoms with Crippen LogP contribution >= 0.6 is 22.9 Å². The van der Waals surface area contributed by atoms with E-state index in [-0.39, 0.29) is 22.5 Å². The molecular weight excluding hydrogens is 308 g/mol. The maximum atomic E-state index is 12.3. The van der Waals surface area contributed by atoms with Crippen molar-refractivity contribution >= 4 is 34.0 Å². The Kier molecular flexibility index (Phi) is 3.91. The van der Waals surface area contributed by atoms with Crippen molar-refractivity contribution in [2.24, 2.45) is 0 Å². The van der Waals surface area contributed by atoms with Gasteiger partial charge in [-0.05, 0) is 19.3 Å². The van der Waals surface area contributed by atoms with Gasteiger partial charge in [-0.2, -0.15) is 0 Å². The molecule has 7 heteroatoms. The van der Waals surface area contributed by atoms with Crippen LogP contribution in [0.15, 0.2) is 6.20 Å². The number of hydrogen-bond donors (Lipinski definition) is 1. The summed E-state index contributed by atoms with van der Waals surface area (Å²) in [6.45, 7) is 3.94. The van der Waals surface area contributed by atoms with Gasteiger partial charge < -0.3 is 0 Å². The monoisotopic (exact) mass is 322 g/mol. The van der Waals surface area contributed by atoms with E-state index in [0.29, 0.717) is 11.0 Å². The average Bonchev–Trinajstić information content (AvgIpc) is 2.99. The summed E-state index contributed by atoms with van der Waals surface area (Å²) < 4.78 is 0. The molecule has 2 aromatic rings. The fourth-order valence-electron chi connectivity index (χ4n) is 2.22. The minimum atomic E-state index is -0.336. The molecule has 0 unspecified atom stereocenters. The molecule has 0 aromatic carbocycles. The van der Waals surface area contributed by atoms with Gasteiger partial charge in [-0.25, -0.2) is 15.0 Å². The molecule has 0 fully saturated rings. The Labute approximate surface area is 131 Å². The first-order chi connectivity index (χ1) is 10.0. The third kappa shape index (κ3) is 2.91. The minimum Gasteiger partial charge on any atom is -0.296 e. The highest BCUT2D eigenvalue weighted by Gasteiger charge is 2.20.